The second kappa shape index (κ2) is 7.96. The summed E-state index contributed by atoms with van der Waals surface area (Å²) in [7, 11) is 0. The normalized spacial score (nSPS) is 17.1. The monoisotopic (exact) mass is 210 g/mol. The minimum atomic E-state index is 0.811. The molecule has 0 N–H and O–H groups in total. The summed E-state index contributed by atoms with van der Waals surface area (Å²) in [5, 5.41) is 0. The Hall–Kier alpha value is -0.260. The Labute approximate surface area is 97.2 Å². The lowest BCUT2D eigenvalue weighted by atomic mass is 9.86. The van der Waals surface area contributed by atoms with Crippen molar-refractivity contribution in [3.05, 3.63) is 12.2 Å². The molecular formula is C15H30. The Morgan fingerprint density at radius 3 is 2.00 bits per heavy atom. The van der Waals surface area contributed by atoms with Gasteiger partial charge in [0, 0.05) is 0 Å². The van der Waals surface area contributed by atoms with Crippen molar-refractivity contribution in [1.82, 2.24) is 0 Å². The van der Waals surface area contributed by atoms with Gasteiger partial charge < -0.3 is 0 Å². The predicted octanol–water partition coefficient (Wildman–Crippen LogP) is 5.44. The van der Waals surface area contributed by atoms with Crippen LogP contribution in [0.1, 0.15) is 66.7 Å². The van der Waals surface area contributed by atoms with Gasteiger partial charge in [0.2, 0.25) is 0 Å². The maximum Gasteiger partial charge on any atom is -0.0300 e. The first kappa shape index (κ1) is 14.7. The minimum Gasteiger partial charge on any atom is -0.100 e. The van der Waals surface area contributed by atoms with Gasteiger partial charge in [-0.15, -0.1) is 6.58 Å². The van der Waals surface area contributed by atoms with E-state index in [0.717, 1.165) is 17.8 Å². The van der Waals surface area contributed by atoms with Crippen molar-refractivity contribution in [2.24, 2.45) is 17.8 Å². The maximum atomic E-state index is 3.99. The second-order valence-electron chi connectivity index (χ2n) is 5.74. The molecule has 0 nitrogen and oxygen atoms in total. The second-order valence-corrected chi connectivity index (χ2v) is 5.74. The van der Waals surface area contributed by atoms with E-state index in [1.54, 1.807) is 0 Å². The molecule has 0 radical (unpaired) electrons. The Balaban J connectivity index is 3.71. The largest absolute Gasteiger partial charge is 0.100 e. The average Bonchev–Trinajstić information content (AvgIpc) is 2.00. The maximum absolute atomic E-state index is 3.99. The molecule has 0 aromatic heterocycles. The van der Waals surface area contributed by atoms with Gasteiger partial charge in [0.05, 0.1) is 0 Å². The molecule has 0 amide bonds. The number of rotatable bonds is 8. The van der Waals surface area contributed by atoms with Gasteiger partial charge in [-0.05, 0) is 43.9 Å². The van der Waals surface area contributed by atoms with Crippen LogP contribution in [0, 0.1) is 17.8 Å². The first-order valence-electron chi connectivity index (χ1n) is 6.60. The standard InChI is InChI=1S/C15H30/c1-7-8-13(4)10-15(6)11-14(5)9-12(2)3/h13-15H,2,7-11H2,1,3-6H3. The summed E-state index contributed by atoms with van der Waals surface area (Å²) in [6, 6.07) is 0. The van der Waals surface area contributed by atoms with Crippen LogP contribution in [0.25, 0.3) is 0 Å². The molecule has 0 aliphatic heterocycles. The van der Waals surface area contributed by atoms with Crippen LogP contribution in [0.4, 0.5) is 0 Å². The molecule has 0 fully saturated rings. The van der Waals surface area contributed by atoms with Gasteiger partial charge in [-0.2, -0.15) is 0 Å². The zero-order valence-corrected chi connectivity index (χ0v) is 11.5. The summed E-state index contributed by atoms with van der Waals surface area (Å²) in [5.41, 5.74) is 1.33. The fourth-order valence-electron chi connectivity index (χ4n) is 2.76. The van der Waals surface area contributed by atoms with E-state index in [1.807, 2.05) is 0 Å². The third kappa shape index (κ3) is 8.72. The Morgan fingerprint density at radius 2 is 1.53 bits per heavy atom. The molecule has 3 atom stereocenters. The molecule has 3 unspecified atom stereocenters. The van der Waals surface area contributed by atoms with E-state index in [9.17, 15) is 0 Å². The highest BCUT2D eigenvalue weighted by Crippen LogP contribution is 2.24. The van der Waals surface area contributed by atoms with E-state index < -0.39 is 0 Å². The summed E-state index contributed by atoms with van der Waals surface area (Å²) >= 11 is 0. The molecule has 0 aromatic carbocycles. The number of allylic oxidation sites excluding steroid dienone is 1. The highest BCUT2D eigenvalue weighted by atomic mass is 14.2. The van der Waals surface area contributed by atoms with Crippen molar-refractivity contribution < 1.29 is 0 Å². The minimum absolute atomic E-state index is 0.811. The van der Waals surface area contributed by atoms with Crippen LogP contribution in [0.3, 0.4) is 0 Å². The molecule has 90 valence electrons. The quantitative estimate of drug-likeness (QED) is 0.468. The summed E-state index contributed by atoms with van der Waals surface area (Å²) in [5.74, 6) is 2.59. The van der Waals surface area contributed by atoms with Crippen LogP contribution in [-0.2, 0) is 0 Å². The Kier molecular flexibility index (Phi) is 7.82. The summed E-state index contributed by atoms with van der Waals surface area (Å²) in [4.78, 5) is 0. The summed E-state index contributed by atoms with van der Waals surface area (Å²) in [6.45, 7) is 15.6. The van der Waals surface area contributed by atoms with Gasteiger partial charge in [-0.25, -0.2) is 0 Å². The SMILES string of the molecule is C=C(C)CC(C)CC(C)CC(C)CCC. The third-order valence-electron chi connectivity index (χ3n) is 3.09. The molecule has 0 saturated heterocycles. The van der Waals surface area contributed by atoms with Gasteiger partial charge in [0.1, 0.15) is 0 Å². The molecule has 0 bridgehead atoms. The molecule has 0 aliphatic rings. The van der Waals surface area contributed by atoms with E-state index in [-0.39, 0.29) is 0 Å². The molecule has 0 heterocycles. The van der Waals surface area contributed by atoms with Gasteiger partial charge in [0.25, 0.3) is 0 Å². The molecule has 0 spiro atoms. The van der Waals surface area contributed by atoms with Crippen LogP contribution in [0.15, 0.2) is 12.2 Å². The van der Waals surface area contributed by atoms with E-state index in [4.69, 9.17) is 0 Å². The van der Waals surface area contributed by atoms with Crippen molar-refractivity contribution in [2.75, 3.05) is 0 Å². The average molecular weight is 210 g/mol. The zero-order valence-electron chi connectivity index (χ0n) is 11.5. The first-order valence-corrected chi connectivity index (χ1v) is 6.60. The van der Waals surface area contributed by atoms with E-state index in [0.29, 0.717) is 0 Å². The van der Waals surface area contributed by atoms with Crippen molar-refractivity contribution in [1.29, 1.82) is 0 Å². The molecule has 0 aliphatic carbocycles. The molecule has 0 rings (SSSR count). The van der Waals surface area contributed by atoms with Crippen molar-refractivity contribution in [3.8, 4) is 0 Å². The Morgan fingerprint density at radius 1 is 1.00 bits per heavy atom. The number of hydrogen-bond donors (Lipinski definition) is 0. The highest BCUT2D eigenvalue weighted by molar-refractivity contribution is 4.89. The molecule has 0 heteroatoms. The fraction of sp³-hybridized carbons (Fsp3) is 0.867. The molecular weight excluding hydrogens is 180 g/mol. The van der Waals surface area contributed by atoms with Crippen LogP contribution in [0.5, 0.6) is 0 Å². The summed E-state index contributed by atoms with van der Waals surface area (Å²) < 4.78 is 0. The summed E-state index contributed by atoms with van der Waals surface area (Å²) in [6.07, 6.45) is 6.68. The van der Waals surface area contributed by atoms with Gasteiger partial charge in [-0.1, -0.05) is 46.1 Å². The lowest BCUT2D eigenvalue weighted by Gasteiger charge is -2.20. The zero-order chi connectivity index (χ0) is 11.8. The van der Waals surface area contributed by atoms with Crippen molar-refractivity contribution >= 4 is 0 Å². The van der Waals surface area contributed by atoms with E-state index in [2.05, 4.69) is 41.2 Å². The van der Waals surface area contributed by atoms with Crippen molar-refractivity contribution in [3.63, 3.8) is 0 Å². The van der Waals surface area contributed by atoms with Gasteiger partial charge >= 0.3 is 0 Å². The number of hydrogen-bond acceptors (Lipinski definition) is 0. The predicted molar refractivity (Wildman–Crippen MR) is 71.1 cm³/mol. The van der Waals surface area contributed by atoms with E-state index >= 15 is 0 Å². The molecule has 0 saturated carbocycles. The fourth-order valence-corrected chi connectivity index (χ4v) is 2.76. The molecule has 15 heavy (non-hydrogen) atoms. The van der Waals surface area contributed by atoms with E-state index in [1.165, 1.54) is 37.7 Å². The van der Waals surface area contributed by atoms with Gasteiger partial charge in [-0.3, -0.25) is 0 Å². The molecule has 0 aromatic rings. The van der Waals surface area contributed by atoms with Crippen LogP contribution in [-0.4, -0.2) is 0 Å². The van der Waals surface area contributed by atoms with Crippen LogP contribution >= 0.6 is 0 Å². The lowest BCUT2D eigenvalue weighted by molar-refractivity contribution is 0.331. The van der Waals surface area contributed by atoms with Crippen LogP contribution in [0.2, 0.25) is 0 Å². The Bertz CT molecular complexity index is 169. The smallest absolute Gasteiger partial charge is 0.0300 e. The third-order valence-corrected chi connectivity index (χ3v) is 3.09. The first-order chi connectivity index (χ1) is 6.95. The highest BCUT2D eigenvalue weighted by Gasteiger charge is 2.12. The lowest BCUT2D eigenvalue weighted by Crippen LogP contribution is -2.08. The van der Waals surface area contributed by atoms with Gasteiger partial charge in [0.15, 0.2) is 0 Å². The van der Waals surface area contributed by atoms with Crippen LogP contribution < -0.4 is 0 Å². The van der Waals surface area contributed by atoms with Crippen molar-refractivity contribution in [2.45, 2.75) is 66.7 Å². The topological polar surface area (TPSA) is 0 Å².